The number of aromatic nitrogens is 1. The Balaban J connectivity index is 1.63. The number of nitrogens with two attached hydrogens (primary N) is 1. The van der Waals surface area contributed by atoms with Crippen molar-refractivity contribution in [2.45, 2.75) is 19.3 Å². The van der Waals surface area contributed by atoms with Gasteiger partial charge in [0.25, 0.3) is 5.19 Å². The number of primary amides is 1. The zero-order valence-corrected chi connectivity index (χ0v) is 14.0. The van der Waals surface area contributed by atoms with E-state index in [1.54, 1.807) is 30.3 Å². The van der Waals surface area contributed by atoms with Crippen LogP contribution in [0.4, 0.5) is 4.39 Å². The molecule has 0 spiro atoms. The molecule has 0 fully saturated rings. The van der Waals surface area contributed by atoms with Crippen molar-refractivity contribution in [2.24, 2.45) is 5.73 Å². The summed E-state index contributed by atoms with van der Waals surface area (Å²) in [6.45, 7) is 0. The van der Waals surface area contributed by atoms with Gasteiger partial charge in [-0.05, 0) is 35.9 Å². The molecule has 5 nitrogen and oxygen atoms in total. The Morgan fingerprint density at radius 1 is 1.12 bits per heavy atom. The van der Waals surface area contributed by atoms with Crippen LogP contribution in [-0.2, 0) is 16.0 Å². The highest BCUT2D eigenvalue weighted by Crippen LogP contribution is 2.31. The summed E-state index contributed by atoms with van der Waals surface area (Å²) in [5.41, 5.74) is 6.54. The van der Waals surface area contributed by atoms with E-state index in [0.29, 0.717) is 21.2 Å². The molecular formula is C18H15FN2O3S. The van der Waals surface area contributed by atoms with Crippen molar-refractivity contribution in [2.75, 3.05) is 0 Å². The van der Waals surface area contributed by atoms with Crippen LogP contribution in [0.15, 0.2) is 42.5 Å². The average molecular weight is 358 g/mol. The van der Waals surface area contributed by atoms with Crippen LogP contribution in [0.25, 0.3) is 10.2 Å². The highest BCUT2D eigenvalue weighted by atomic mass is 32.1. The van der Waals surface area contributed by atoms with E-state index in [4.69, 9.17) is 10.5 Å². The molecule has 25 heavy (non-hydrogen) atoms. The Labute approximate surface area is 147 Å². The summed E-state index contributed by atoms with van der Waals surface area (Å²) < 4.78 is 19.6. The second-order valence-corrected chi connectivity index (χ2v) is 6.51. The summed E-state index contributed by atoms with van der Waals surface area (Å²) in [6.07, 6.45) is 0.460. The van der Waals surface area contributed by atoms with Crippen LogP contribution in [0.1, 0.15) is 18.4 Å². The van der Waals surface area contributed by atoms with Gasteiger partial charge in [0.15, 0.2) is 0 Å². The second-order valence-electron chi connectivity index (χ2n) is 5.52. The molecule has 0 unspecified atom stereocenters. The van der Waals surface area contributed by atoms with Crippen molar-refractivity contribution in [3.05, 3.63) is 53.8 Å². The summed E-state index contributed by atoms with van der Waals surface area (Å²) in [5, 5.41) is 0.422. The maximum absolute atomic E-state index is 13.2. The van der Waals surface area contributed by atoms with Gasteiger partial charge in [0.2, 0.25) is 5.91 Å². The lowest BCUT2D eigenvalue weighted by Crippen LogP contribution is -2.13. The van der Waals surface area contributed by atoms with E-state index in [1.165, 1.54) is 23.5 Å². The largest absolute Gasteiger partial charge is 0.431 e. The summed E-state index contributed by atoms with van der Waals surface area (Å²) in [6, 6.07) is 11.4. The third kappa shape index (κ3) is 4.60. The van der Waals surface area contributed by atoms with Crippen molar-refractivity contribution in [3.63, 3.8) is 0 Å². The molecule has 0 atom stereocenters. The average Bonchev–Trinajstić information content (AvgIpc) is 2.96. The molecule has 0 aliphatic rings. The van der Waals surface area contributed by atoms with Crippen LogP contribution in [0.2, 0.25) is 0 Å². The first-order chi connectivity index (χ1) is 12.0. The molecule has 3 aromatic rings. The third-order valence-corrected chi connectivity index (χ3v) is 4.41. The van der Waals surface area contributed by atoms with Crippen molar-refractivity contribution in [1.29, 1.82) is 0 Å². The van der Waals surface area contributed by atoms with E-state index in [2.05, 4.69) is 4.98 Å². The smallest absolute Gasteiger partial charge is 0.279 e. The fourth-order valence-corrected chi connectivity index (χ4v) is 3.14. The predicted octanol–water partition coefficient (Wildman–Crippen LogP) is 3.60. The lowest BCUT2D eigenvalue weighted by molar-refractivity contribution is -0.123. The number of Topliss-reactive ketones (excluding diaryl/α,β-unsaturated/α-hetero) is 1. The summed E-state index contributed by atoms with van der Waals surface area (Å²) >= 11 is 1.26. The van der Waals surface area contributed by atoms with Crippen molar-refractivity contribution < 1.29 is 18.7 Å². The first-order valence-electron chi connectivity index (χ1n) is 7.62. The Morgan fingerprint density at radius 2 is 1.88 bits per heavy atom. The second kappa shape index (κ2) is 7.40. The zero-order chi connectivity index (χ0) is 17.8. The summed E-state index contributed by atoms with van der Waals surface area (Å²) in [4.78, 5) is 26.7. The molecule has 0 saturated carbocycles. The van der Waals surface area contributed by atoms with Crippen molar-refractivity contribution in [1.82, 2.24) is 4.98 Å². The topological polar surface area (TPSA) is 82.3 Å². The number of ketones is 1. The predicted molar refractivity (Wildman–Crippen MR) is 93.2 cm³/mol. The molecule has 1 amide bonds. The van der Waals surface area contributed by atoms with Gasteiger partial charge in [-0.1, -0.05) is 23.5 Å². The van der Waals surface area contributed by atoms with E-state index < -0.39 is 5.91 Å². The minimum atomic E-state index is -0.479. The number of rotatable bonds is 7. The molecule has 2 N–H and O–H groups in total. The highest BCUT2D eigenvalue weighted by Gasteiger charge is 2.09. The summed E-state index contributed by atoms with van der Waals surface area (Å²) in [5.74, 6) is -0.255. The lowest BCUT2D eigenvalue weighted by Gasteiger charge is -2.04. The quantitative estimate of drug-likeness (QED) is 0.699. The van der Waals surface area contributed by atoms with Crippen molar-refractivity contribution in [3.8, 4) is 10.9 Å². The van der Waals surface area contributed by atoms with Gasteiger partial charge in [0, 0.05) is 19.3 Å². The van der Waals surface area contributed by atoms with Gasteiger partial charge in [-0.2, -0.15) is 0 Å². The van der Waals surface area contributed by atoms with Crippen LogP contribution >= 0.6 is 11.3 Å². The fourth-order valence-electron chi connectivity index (χ4n) is 2.28. The first-order valence-corrected chi connectivity index (χ1v) is 8.44. The number of ether oxygens (including phenoxy) is 1. The molecule has 1 aromatic heterocycles. The number of benzene rings is 2. The number of thiazole rings is 1. The van der Waals surface area contributed by atoms with E-state index in [9.17, 15) is 14.0 Å². The van der Waals surface area contributed by atoms with Gasteiger partial charge in [0.05, 0.1) is 10.2 Å². The number of halogens is 1. The monoisotopic (exact) mass is 358 g/mol. The SMILES string of the molecule is NC(=O)CCC(=O)Cc1ccc(Oc2nc3ccc(F)cc3s2)cc1. The molecule has 1 heterocycles. The fraction of sp³-hybridized carbons (Fsp3) is 0.167. The lowest BCUT2D eigenvalue weighted by atomic mass is 10.1. The standard InChI is InChI=1S/C18H15FN2O3S/c19-12-3-7-15-16(10-12)25-18(21-15)24-14-5-1-11(2-6-14)9-13(22)4-8-17(20)23/h1-3,5-7,10H,4,8-9H2,(H2,20,23). The van der Waals surface area contributed by atoms with Crippen molar-refractivity contribution >= 4 is 33.2 Å². The van der Waals surface area contributed by atoms with E-state index in [1.807, 2.05) is 0 Å². The minimum Gasteiger partial charge on any atom is -0.431 e. The molecule has 128 valence electrons. The van der Waals surface area contributed by atoms with Crippen LogP contribution in [0.5, 0.6) is 10.9 Å². The van der Waals surface area contributed by atoms with E-state index in [0.717, 1.165) is 5.56 Å². The number of fused-ring (bicyclic) bond motifs is 1. The Morgan fingerprint density at radius 3 is 2.60 bits per heavy atom. The maximum atomic E-state index is 13.2. The molecule has 0 saturated heterocycles. The third-order valence-electron chi connectivity index (χ3n) is 3.51. The zero-order valence-electron chi connectivity index (χ0n) is 13.2. The molecule has 3 rings (SSSR count). The number of carbonyl (C=O) groups excluding carboxylic acids is 2. The minimum absolute atomic E-state index is 0.0410. The first kappa shape index (κ1) is 17.0. The number of hydrogen-bond donors (Lipinski definition) is 1. The van der Waals surface area contributed by atoms with Crippen LogP contribution < -0.4 is 10.5 Å². The normalized spacial score (nSPS) is 10.8. The molecule has 2 aromatic carbocycles. The van der Waals surface area contributed by atoms with E-state index in [-0.39, 0.29) is 30.9 Å². The number of amides is 1. The van der Waals surface area contributed by atoms with Crippen LogP contribution in [0, 0.1) is 5.82 Å². The maximum Gasteiger partial charge on any atom is 0.279 e. The molecule has 0 radical (unpaired) electrons. The highest BCUT2D eigenvalue weighted by molar-refractivity contribution is 7.20. The molecule has 0 aliphatic heterocycles. The van der Waals surface area contributed by atoms with Gasteiger partial charge in [0.1, 0.15) is 17.3 Å². The molecular weight excluding hydrogens is 343 g/mol. The molecule has 0 aliphatic carbocycles. The van der Waals surface area contributed by atoms with Gasteiger partial charge >= 0.3 is 0 Å². The summed E-state index contributed by atoms with van der Waals surface area (Å²) in [7, 11) is 0. The van der Waals surface area contributed by atoms with Gasteiger partial charge in [-0.15, -0.1) is 0 Å². The molecule has 0 bridgehead atoms. The Bertz CT molecular complexity index is 922. The number of carbonyl (C=O) groups is 2. The Kier molecular flexibility index (Phi) is 5.04. The molecule has 7 heteroatoms. The Hall–Kier alpha value is -2.80. The number of nitrogens with zero attached hydrogens (tertiary/aromatic N) is 1. The van der Waals surface area contributed by atoms with Crippen LogP contribution in [0.3, 0.4) is 0 Å². The number of hydrogen-bond acceptors (Lipinski definition) is 5. The van der Waals surface area contributed by atoms with Gasteiger partial charge < -0.3 is 10.5 Å². The van der Waals surface area contributed by atoms with Crippen LogP contribution in [-0.4, -0.2) is 16.7 Å². The van der Waals surface area contributed by atoms with Gasteiger partial charge in [-0.3, -0.25) is 9.59 Å². The van der Waals surface area contributed by atoms with Gasteiger partial charge in [-0.25, -0.2) is 9.37 Å². The van der Waals surface area contributed by atoms with E-state index >= 15 is 0 Å².